The van der Waals surface area contributed by atoms with Crippen molar-refractivity contribution in [2.75, 3.05) is 0 Å². The molecule has 0 spiro atoms. The number of halogens is 1. The van der Waals surface area contributed by atoms with Gasteiger partial charge in [0.05, 0.1) is 0 Å². The minimum atomic E-state index is -0.582. The standard InChI is InChI=1S/C15H21BrN2O2/c1-9-6-7-11(8-12(9)16)14(20)17-10(2)13(19)18-15(3,4)5/h6-8,10H,1-5H3,(H,17,20)(H,18,19). The van der Waals surface area contributed by atoms with Crippen molar-refractivity contribution in [1.82, 2.24) is 10.6 Å². The lowest BCUT2D eigenvalue weighted by Crippen LogP contribution is -2.50. The van der Waals surface area contributed by atoms with E-state index >= 15 is 0 Å². The molecule has 0 fully saturated rings. The molecular weight excluding hydrogens is 320 g/mol. The van der Waals surface area contributed by atoms with E-state index in [9.17, 15) is 9.59 Å². The summed E-state index contributed by atoms with van der Waals surface area (Å²) in [5.74, 6) is -0.459. The maximum Gasteiger partial charge on any atom is 0.251 e. The van der Waals surface area contributed by atoms with Crippen LogP contribution in [-0.4, -0.2) is 23.4 Å². The van der Waals surface area contributed by atoms with Gasteiger partial charge in [0.15, 0.2) is 0 Å². The van der Waals surface area contributed by atoms with Gasteiger partial charge in [0.25, 0.3) is 5.91 Å². The van der Waals surface area contributed by atoms with Crippen molar-refractivity contribution in [3.05, 3.63) is 33.8 Å². The number of benzene rings is 1. The zero-order valence-corrected chi connectivity index (χ0v) is 14.1. The molecule has 5 heteroatoms. The van der Waals surface area contributed by atoms with Gasteiger partial charge < -0.3 is 10.6 Å². The fourth-order valence-corrected chi connectivity index (χ4v) is 1.94. The van der Waals surface area contributed by atoms with Crippen molar-refractivity contribution in [2.45, 2.75) is 46.2 Å². The number of carbonyl (C=O) groups is 2. The fraction of sp³-hybridized carbons (Fsp3) is 0.467. The number of carbonyl (C=O) groups excluding carboxylic acids is 2. The molecule has 1 atom stereocenters. The van der Waals surface area contributed by atoms with Crippen LogP contribution in [0.25, 0.3) is 0 Å². The SMILES string of the molecule is Cc1ccc(C(=O)NC(C)C(=O)NC(C)(C)C)cc1Br. The van der Waals surface area contributed by atoms with E-state index in [1.807, 2.05) is 33.8 Å². The molecule has 1 unspecified atom stereocenters. The molecule has 20 heavy (non-hydrogen) atoms. The number of aryl methyl sites for hydroxylation is 1. The Morgan fingerprint density at radius 3 is 2.35 bits per heavy atom. The Labute approximate surface area is 128 Å². The van der Waals surface area contributed by atoms with E-state index in [4.69, 9.17) is 0 Å². The third-order valence-electron chi connectivity index (χ3n) is 2.67. The highest BCUT2D eigenvalue weighted by molar-refractivity contribution is 9.10. The molecular formula is C15H21BrN2O2. The van der Waals surface area contributed by atoms with Gasteiger partial charge in [-0.1, -0.05) is 22.0 Å². The second kappa shape index (κ2) is 6.39. The Kier molecular flexibility index (Phi) is 5.34. The summed E-state index contributed by atoms with van der Waals surface area (Å²) in [6, 6.07) is 4.77. The van der Waals surface area contributed by atoms with Crippen LogP contribution >= 0.6 is 15.9 Å². The number of amides is 2. The summed E-state index contributed by atoms with van der Waals surface area (Å²) in [5, 5.41) is 5.53. The van der Waals surface area contributed by atoms with Gasteiger partial charge in [-0.25, -0.2) is 0 Å². The smallest absolute Gasteiger partial charge is 0.251 e. The third kappa shape index (κ3) is 4.96. The molecule has 0 radical (unpaired) electrons. The van der Waals surface area contributed by atoms with Gasteiger partial charge in [-0.15, -0.1) is 0 Å². The van der Waals surface area contributed by atoms with Crippen molar-refractivity contribution in [2.24, 2.45) is 0 Å². The summed E-state index contributed by atoms with van der Waals surface area (Å²) in [5.41, 5.74) is 1.26. The molecule has 1 aromatic rings. The van der Waals surface area contributed by atoms with Crippen LogP contribution in [0, 0.1) is 6.92 Å². The highest BCUT2D eigenvalue weighted by Gasteiger charge is 2.21. The van der Waals surface area contributed by atoms with Crippen molar-refractivity contribution >= 4 is 27.7 Å². The average Bonchev–Trinajstić information content (AvgIpc) is 2.30. The number of hydrogen-bond acceptors (Lipinski definition) is 2. The predicted molar refractivity (Wildman–Crippen MR) is 83.7 cm³/mol. The zero-order chi connectivity index (χ0) is 15.5. The normalized spacial score (nSPS) is 12.7. The van der Waals surface area contributed by atoms with Gasteiger partial charge in [0, 0.05) is 15.6 Å². The molecule has 0 saturated heterocycles. The quantitative estimate of drug-likeness (QED) is 0.888. The first-order valence-electron chi connectivity index (χ1n) is 6.49. The maximum atomic E-state index is 12.1. The van der Waals surface area contributed by atoms with Crippen LogP contribution in [0.4, 0.5) is 0 Å². The van der Waals surface area contributed by atoms with E-state index in [2.05, 4.69) is 26.6 Å². The Balaban J connectivity index is 2.70. The topological polar surface area (TPSA) is 58.2 Å². The summed E-state index contributed by atoms with van der Waals surface area (Å²) in [6.45, 7) is 9.32. The second-order valence-corrected chi connectivity index (χ2v) is 6.75. The molecule has 0 aliphatic rings. The first-order valence-corrected chi connectivity index (χ1v) is 7.28. The summed E-state index contributed by atoms with van der Waals surface area (Å²) < 4.78 is 0.872. The summed E-state index contributed by atoms with van der Waals surface area (Å²) >= 11 is 3.39. The first kappa shape index (κ1) is 16.7. The molecule has 4 nitrogen and oxygen atoms in total. The molecule has 2 N–H and O–H groups in total. The lowest BCUT2D eigenvalue weighted by atomic mass is 10.1. The Hall–Kier alpha value is -1.36. The fourth-order valence-electron chi connectivity index (χ4n) is 1.56. The van der Waals surface area contributed by atoms with Gasteiger partial charge in [-0.3, -0.25) is 9.59 Å². The molecule has 0 bridgehead atoms. The van der Waals surface area contributed by atoms with Gasteiger partial charge in [0.2, 0.25) is 5.91 Å². The molecule has 0 heterocycles. The van der Waals surface area contributed by atoms with Crippen molar-refractivity contribution in [3.63, 3.8) is 0 Å². The van der Waals surface area contributed by atoms with E-state index in [0.717, 1.165) is 10.0 Å². The molecule has 0 aliphatic heterocycles. The summed E-state index contributed by atoms with van der Waals surface area (Å²) in [7, 11) is 0. The van der Waals surface area contributed by atoms with Crippen LogP contribution in [-0.2, 0) is 4.79 Å². The van der Waals surface area contributed by atoms with Crippen molar-refractivity contribution in [1.29, 1.82) is 0 Å². The van der Waals surface area contributed by atoms with Crippen LogP contribution in [0.5, 0.6) is 0 Å². The van der Waals surface area contributed by atoms with E-state index in [0.29, 0.717) is 5.56 Å². The second-order valence-electron chi connectivity index (χ2n) is 5.90. The Bertz CT molecular complexity index is 521. The van der Waals surface area contributed by atoms with Crippen molar-refractivity contribution < 1.29 is 9.59 Å². The molecule has 1 aromatic carbocycles. The van der Waals surface area contributed by atoms with Gasteiger partial charge in [0.1, 0.15) is 6.04 Å². The van der Waals surface area contributed by atoms with Crippen LogP contribution < -0.4 is 10.6 Å². The highest BCUT2D eigenvalue weighted by atomic mass is 79.9. The number of rotatable bonds is 3. The van der Waals surface area contributed by atoms with E-state index < -0.39 is 6.04 Å². The largest absolute Gasteiger partial charge is 0.350 e. The lowest BCUT2D eigenvalue weighted by molar-refractivity contribution is -0.124. The Morgan fingerprint density at radius 1 is 1.25 bits per heavy atom. The average molecular weight is 341 g/mol. The molecule has 1 rings (SSSR count). The van der Waals surface area contributed by atoms with E-state index in [1.54, 1.807) is 19.1 Å². The lowest BCUT2D eigenvalue weighted by Gasteiger charge is -2.23. The van der Waals surface area contributed by atoms with Gasteiger partial charge >= 0.3 is 0 Å². The minimum Gasteiger partial charge on any atom is -0.350 e. The van der Waals surface area contributed by atoms with E-state index in [1.165, 1.54) is 0 Å². The molecule has 0 saturated carbocycles. The monoisotopic (exact) mass is 340 g/mol. The van der Waals surface area contributed by atoms with Gasteiger partial charge in [-0.05, 0) is 52.3 Å². The molecule has 0 aromatic heterocycles. The summed E-state index contributed by atoms with van der Waals surface area (Å²) in [4.78, 5) is 24.0. The molecule has 0 aliphatic carbocycles. The highest BCUT2D eigenvalue weighted by Crippen LogP contribution is 2.17. The van der Waals surface area contributed by atoms with Gasteiger partial charge in [-0.2, -0.15) is 0 Å². The van der Waals surface area contributed by atoms with E-state index in [-0.39, 0.29) is 17.4 Å². The summed E-state index contributed by atoms with van der Waals surface area (Å²) in [6.07, 6.45) is 0. The van der Waals surface area contributed by atoms with Crippen LogP contribution in [0.2, 0.25) is 0 Å². The van der Waals surface area contributed by atoms with Crippen LogP contribution in [0.15, 0.2) is 22.7 Å². The zero-order valence-electron chi connectivity index (χ0n) is 12.5. The Morgan fingerprint density at radius 2 is 1.85 bits per heavy atom. The number of hydrogen-bond donors (Lipinski definition) is 2. The molecule has 110 valence electrons. The predicted octanol–water partition coefficient (Wildman–Crippen LogP) is 2.79. The first-order chi connectivity index (χ1) is 9.10. The van der Waals surface area contributed by atoms with Crippen molar-refractivity contribution in [3.8, 4) is 0 Å². The van der Waals surface area contributed by atoms with Crippen LogP contribution in [0.3, 0.4) is 0 Å². The minimum absolute atomic E-state index is 0.197. The maximum absolute atomic E-state index is 12.1. The third-order valence-corrected chi connectivity index (χ3v) is 3.53. The number of nitrogens with one attached hydrogen (secondary N) is 2. The van der Waals surface area contributed by atoms with Crippen LogP contribution in [0.1, 0.15) is 43.6 Å². The molecule has 2 amide bonds.